The zero-order valence-corrected chi connectivity index (χ0v) is 21.3. The van der Waals surface area contributed by atoms with Crippen LogP contribution in [0.5, 0.6) is 0 Å². The second kappa shape index (κ2) is 9.93. The van der Waals surface area contributed by atoms with Crippen LogP contribution >= 0.6 is 11.3 Å². The number of rotatable bonds is 5. The molecule has 0 saturated carbocycles. The van der Waals surface area contributed by atoms with Crippen molar-refractivity contribution in [3.8, 4) is 28.1 Å². The van der Waals surface area contributed by atoms with Gasteiger partial charge in [-0.15, -0.1) is 11.3 Å². The predicted molar refractivity (Wildman–Crippen MR) is 144 cm³/mol. The summed E-state index contributed by atoms with van der Waals surface area (Å²) in [6.45, 7) is 0. The number of alkyl halides is 3. The van der Waals surface area contributed by atoms with E-state index < -0.39 is 17.6 Å². The van der Waals surface area contributed by atoms with E-state index in [2.05, 4.69) is 10.3 Å². The summed E-state index contributed by atoms with van der Waals surface area (Å²) in [4.78, 5) is 9.35. The molecule has 198 valence electrons. The molecule has 0 atom stereocenters. The molecule has 3 aromatic heterocycles. The fourth-order valence-electron chi connectivity index (χ4n) is 4.24. The number of hydrogen-bond donors (Lipinski definition) is 1. The van der Waals surface area contributed by atoms with Crippen LogP contribution in [0.1, 0.15) is 10.4 Å². The molecule has 0 amide bonds. The van der Waals surface area contributed by atoms with E-state index in [0.29, 0.717) is 27.0 Å². The predicted octanol–water partition coefficient (Wildman–Crippen LogP) is 5.93. The van der Waals surface area contributed by atoms with E-state index in [-0.39, 0.29) is 16.4 Å². The largest absolute Gasteiger partial charge is 0.857 e. The Morgan fingerprint density at radius 3 is 2.27 bits per heavy atom. The van der Waals surface area contributed by atoms with E-state index in [1.54, 1.807) is 6.07 Å². The number of fused-ring (bicyclic) bond motifs is 1. The number of nitrogen functional groups attached to an aromatic ring is 1. The van der Waals surface area contributed by atoms with E-state index in [9.17, 15) is 18.3 Å². The third kappa shape index (κ3) is 4.78. The van der Waals surface area contributed by atoms with Crippen molar-refractivity contribution in [3.05, 3.63) is 108 Å². The summed E-state index contributed by atoms with van der Waals surface area (Å²) in [5, 5.41) is 17.6. The van der Waals surface area contributed by atoms with Crippen molar-refractivity contribution in [3.63, 3.8) is 0 Å². The summed E-state index contributed by atoms with van der Waals surface area (Å²) in [6.07, 6.45) is -3.00. The van der Waals surface area contributed by atoms with Gasteiger partial charge in [0.05, 0.1) is 21.8 Å². The summed E-state index contributed by atoms with van der Waals surface area (Å²) >= 11 is 1.05. The average molecular weight is 558 g/mol. The van der Waals surface area contributed by atoms with Crippen LogP contribution in [-0.2, 0) is 6.18 Å². The van der Waals surface area contributed by atoms with Crippen LogP contribution in [0.3, 0.4) is 0 Å². The molecule has 0 radical (unpaired) electrons. The van der Waals surface area contributed by atoms with E-state index >= 15 is 0 Å². The number of aliphatic imine (C=N–C) groups is 1. The van der Waals surface area contributed by atoms with Gasteiger partial charge in [0.15, 0.2) is 0 Å². The van der Waals surface area contributed by atoms with E-state index in [0.717, 1.165) is 34.7 Å². The Labute approximate surface area is 229 Å². The van der Waals surface area contributed by atoms with Gasteiger partial charge in [0.25, 0.3) is 6.20 Å². The lowest BCUT2D eigenvalue weighted by Gasteiger charge is -2.11. The number of nitrogens with zero attached hydrogens (tertiary/aromatic N) is 4. The van der Waals surface area contributed by atoms with E-state index in [4.69, 9.17) is 15.2 Å². The Morgan fingerprint density at radius 1 is 0.925 bits per heavy atom. The number of benzene rings is 3. The molecule has 2 N–H and O–H groups in total. The number of hydrogen-bond acceptors (Lipinski definition) is 7. The molecule has 0 spiro atoms. The topological polar surface area (TPSA) is 104 Å². The van der Waals surface area contributed by atoms with Gasteiger partial charge >= 0.3 is 12.1 Å². The molecule has 0 bridgehead atoms. The minimum absolute atomic E-state index is 0.0217. The number of pyridine rings is 1. The SMILES string of the molecule is Nc1c(/C([O-])=N/c2c[n+](-c3ccccc3)no2)sc2nc(-c3ccccc3)cc(-c3ccc(C(F)(F)F)cc3)c12. The van der Waals surface area contributed by atoms with Crippen LogP contribution in [0.4, 0.5) is 24.7 Å². The van der Waals surface area contributed by atoms with Crippen molar-refractivity contribution >= 4 is 39.0 Å². The first kappa shape index (κ1) is 25.3. The molecule has 40 heavy (non-hydrogen) atoms. The van der Waals surface area contributed by atoms with Gasteiger partial charge in [-0.05, 0) is 34.0 Å². The van der Waals surface area contributed by atoms with Gasteiger partial charge in [-0.2, -0.15) is 13.2 Å². The van der Waals surface area contributed by atoms with Gasteiger partial charge in [0.1, 0.15) is 4.83 Å². The zero-order valence-electron chi connectivity index (χ0n) is 20.5. The van der Waals surface area contributed by atoms with Crippen molar-refractivity contribution in [1.82, 2.24) is 10.3 Å². The molecule has 0 unspecified atom stereocenters. The van der Waals surface area contributed by atoms with Crippen LogP contribution in [0.2, 0.25) is 0 Å². The van der Waals surface area contributed by atoms with Crippen molar-refractivity contribution in [1.29, 1.82) is 0 Å². The lowest BCUT2D eigenvalue weighted by Crippen LogP contribution is -2.30. The molecule has 3 heterocycles. The monoisotopic (exact) mass is 557 g/mol. The molecule has 0 saturated heterocycles. The third-order valence-corrected chi connectivity index (χ3v) is 7.26. The minimum atomic E-state index is -4.47. The van der Waals surface area contributed by atoms with Crippen molar-refractivity contribution in [2.45, 2.75) is 6.18 Å². The molecule has 6 rings (SSSR count). The van der Waals surface area contributed by atoms with Crippen LogP contribution in [-0.4, -0.2) is 16.2 Å². The molecule has 0 aliphatic rings. The fraction of sp³-hybridized carbons (Fsp3) is 0.0345. The summed E-state index contributed by atoms with van der Waals surface area (Å²) in [7, 11) is 0. The normalized spacial score (nSPS) is 12.2. The lowest BCUT2D eigenvalue weighted by atomic mass is 9.98. The molecular formula is C29H18F3N5O2S. The van der Waals surface area contributed by atoms with Gasteiger partial charge in [-0.25, -0.2) is 9.98 Å². The van der Waals surface area contributed by atoms with Gasteiger partial charge in [0, 0.05) is 29.0 Å². The summed E-state index contributed by atoms with van der Waals surface area (Å²) in [6, 6.07) is 25.0. The van der Waals surface area contributed by atoms with Gasteiger partial charge < -0.3 is 10.8 Å². The molecule has 0 aliphatic carbocycles. The maximum atomic E-state index is 13.2. The van der Waals surface area contributed by atoms with Crippen molar-refractivity contribution in [2.75, 3.05) is 5.73 Å². The smallest absolute Gasteiger partial charge is 0.416 e. The Kier molecular flexibility index (Phi) is 6.27. The Bertz CT molecular complexity index is 1850. The second-order valence-electron chi connectivity index (χ2n) is 8.76. The maximum Gasteiger partial charge on any atom is 0.416 e. The van der Waals surface area contributed by atoms with Crippen LogP contribution < -0.4 is 15.5 Å². The maximum absolute atomic E-state index is 13.2. The molecule has 3 aromatic carbocycles. The van der Waals surface area contributed by atoms with E-state index in [1.165, 1.54) is 23.0 Å². The van der Waals surface area contributed by atoms with Crippen LogP contribution in [0.15, 0.2) is 107 Å². The molecular weight excluding hydrogens is 539 g/mol. The molecule has 0 aliphatic heterocycles. The summed E-state index contributed by atoms with van der Waals surface area (Å²) in [5.74, 6) is -0.678. The first-order chi connectivity index (χ1) is 19.3. The van der Waals surface area contributed by atoms with Crippen molar-refractivity contribution < 1.29 is 27.5 Å². The summed E-state index contributed by atoms with van der Waals surface area (Å²) < 4.78 is 46.3. The number of para-hydroxylation sites is 1. The Balaban J connectivity index is 1.47. The number of halogens is 3. The fourth-order valence-corrected chi connectivity index (χ4v) is 5.25. The minimum Gasteiger partial charge on any atom is -0.857 e. The van der Waals surface area contributed by atoms with Crippen molar-refractivity contribution in [2.24, 2.45) is 4.99 Å². The Morgan fingerprint density at radius 2 is 1.60 bits per heavy atom. The lowest BCUT2D eigenvalue weighted by molar-refractivity contribution is -0.670. The molecule has 6 aromatic rings. The molecule has 0 fully saturated rings. The second-order valence-corrected chi connectivity index (χ2v) is 9.76. The van der Waals surface area contributed by atoms with Gasteiger partial charge in [0.2, 0.25) is 11.0 Å². The standard InChI is InChI=1S/C29H18F3N5O2S/c30-29(31,32)19-13-11-17(12-14-19)21-15-22(18-7-3-1-4-8-18)34-28-24(21)25(33)26(40-28)27(38)35-23-16-37(36-39-23)20-9-5-2-6-10-20/h1-16H,(H2-,33,35,36,38). The quantitative estimate of drug-likeness (QED) is 0.161. The van der Waals surface area contributed by atoms with Crippen LogP contribution in [0.25, 0.3) is 38.3 Å². The van der Waals surface area contributed by atoms with Crippen LogP contribution in [0, 0.1) is 0 Å². The van der Waals surface area contributed by atoms with E-state index in [1.807, 2.05) is 60.7 Å². The molecule has 11 heteroatoms. The number of aromatic nitrogens is 3. The highest BCUT2D eigenvalue weighted by Gasteiger charge is 2.30. The Hall–Kier alpha value is -5.03. The van der Waals surface area contributed by atoms with Gasteiger partial charge in [-0.1, -0.05) is 60.7 Å². The third-order valence-electron chi connectivity index (χ3n) is 6.17. The highest BCUT2D eigenvalue weighted by Crippen LogP contribution is 2.42. The highest BCUT2D eigenvalue weighted by atomic mass is 32.1. The first-order valence-corrected chi connectivity index (χ1v) is 12.8. The number of thiophene rings is 1. The number of nitrogens with two attached hydrogens (primary N) is 1. The highest BCUT2D eigenvalue weighted by molar-refractivity contribution is 7.21. The summed E-state index contributed by atoms with van der Waals surface area (Å²) in [5.41, 5.74) is 8.99. The van der Waals surface area contributed by atoms with Gasteiger partial charge in [-0.3, -0.25) is 4.52 Å². The zero-order chi connectivity index (χ0) is 27.9. The average Bonchev–Trinajstić information content (AvgIpc) is 3.57. The first-order valence-electron chi connectivity index (χ1n) is 11.9. The number of anilines is 1. The molecule has 7 nitrogen and oxygen atoms in total.